The summed E-state index contributed by atoms with van der Waals surface area (Å²) in [6.45, 7) is 5.13. The zero-order chi connectivity index (χ0) is 15.7. The number of hydrogen-bond acceptors (Lipinski definition) is 4. The van der Waals surface area contributed by atoms with Gasteiger partial charge in [0.15, 0.2) is 0 Å². The number of rotatable bonds is 3. The average molecular weight is 287 g/mol. The molecule has 0 saturated carbocycles. The third-order valence-corrected chi connectivity index (χ3v) is 2.71. The highest BCUT2D eigenvalue weighted by atomic mass is 19.1. The molecule has 0 aliphatic rings. The molecule has 1 aromatic carbocycles. The molecule has 0 aliphatic carbocycles. The smallest absolute Gasteiger partial charge is 0.307 e. The van der Waals surface area contributed by atoms with E-state index in [4.69, 9.17) is 5.73 Å². The van der Waals surface area contributed by atoms with E-state index in [1.807, 2.05) is 0 Å². The Balaban J connectivity index is 3.07. The highest BCUT2D eigenvalue weighted by Gasteiger charge is 2.29. The minimum Gasteiger partial charge on any atom is -0.322 e. The average Bonchev–Trinajstić information content (AvgIpc) is 2.29. The Kier molecular flexibility index (Phi) is 4.39. The second-order valence-corrected chi connectivity index (χ2v) is 5.37. The molecule has 0 unspecified atom stereocenters. The van der Waals surface area contributed by atoms with E-state index in [1.54, 1.807) is 20.8 Å². The molecular formula is C12H15F2N3O3. The summed E-state index contributed by atoms with van der Waals surface area (Å²) in [5, 5.41) is 12.7. The standard InChI is InChI=1S/C12H15F2N3O3/c1-12(2,3)10(15)11(18)16-8-5-9(17(19)20)7(14)4-6(8)13/h4-5,10H,15H2,1-3H3,(H,16,18)/t10-/m1/s1. The van der Waals surface area contributed by atoms with Crippen molar-refractivity contribution in [2.75, 3.05) is 5.32 Å². The van der Waals surface area contributed by atoms with Crippen LogP contribution in [0.15, 0.2) is 12.1 Å². The van der Waals surface area contributed by atoms with Gasteiger partial charge in [-0.1, -0.05) is 20.8 Å². The second-order valence-electron chi connectivity index (χ2n) is 5.37. The van der Waals surface area contributed by atoms with Crippen LogP contribution in [-0.2, 0) is 4.79 Å². The lowest BCUT2D eigenvalue weighted by molar-refractivity contribution is -0.387. The Hall–Kier alpha value is -2.09. The van der Waals surface area contributed by atoms with Crippen molar-refractivity contribution in [2.45, 2.75) is 26.8 Å². The summed E-state index contributed by atoms with van der Waals surface area (Å²) in [4.78, 5) is 21.4. The maximum atomic E-state index is 13.5. The molecule has 6 nitrogen and oxygen atoms in total. The number of nitrogens with one attached hydrogen (secondary N) is 1. The van der Waals surface area contributed by atoms with Crippen LogP contribution in [0.25, 0.3) is 0 Å². The molecule has 1 amide bonds. The molecule has 0 spiro atoms. The highest BCUT2D eigenvalue weighted by molar-refractivity contribution is 5.95. The monoisotopic (exact) mass is 287 g/mol. The lowest BCUT2D eigenvalue weighted by atomic mass is 9.87. The summed E-state index contributed by atoms with van der Waals surface area (Å²) in [6, 6.07) is 0.0138. The van der Waals surface area contributed by atoms with Crippen molar-refractivity contribution in [2.24, 2.45) is 11.1 Å². The van der Waals surface area contributed by atoms with E-state index in [9.17, 15) is 23.7 Å². The van der Waals surface area contributed by atoms with Gasteiger partial charge < -0.3 is 11.1 Å². The fourth-order valence-electron chi connectivity index (χ4n) is 1.38. The number of carbonyl (C=O) groups excluding carboxylic acids is 1. The van der Waals surface area contributed by atoms with E-state index in [2.05, 4.69) is 5.32 Å². The molecule has 0 aliphatic heterocycles. The van der Waals surface area contributed by atoms with E-state index in [0.717, 1.165) is 0 Å². The van der Waals surface area contributed by atoms with Crippen LogP contribution in [-0.4, -0.2) is 16.9 Å². The lowest BCUT2D eigenvalue weighted by Gasteiger charge is -2.25. The van der Waals surface area contributed by atoms with Gasteiger partial charge >= 0.3 is 5.69 Å². The first kappa shape index (κ1) is 16.0. The predicted molar refractivity (Wildman–Crippen MR) is 69.1 cm³/mol. The van der Waals surface area contributed by atoms with Gasteiger partial charge in [0.1, 0.15) is 5.82 Å². The van der Waals surface area contributed by atoms with Gasteiger partial charge in [-0.15, -0.1) is 0 Å². The number of nitrogens with two attached hydrogens (primary N) is 1. The largest absolute Gasteiger partial charge is 0.322 e. The minimum atomic E-state index is -1.31. The first-order chi connectivity index (χ1) is 9.04. The normalized spacial score (nSPS) is 12.9. The van der Waals surface area contributed by atoms with Crippen LogP contribution in [0.2, 0.25) is 0 Å². The quantitative estimate of drug-likeness (QED) is 0.657. The van der Waals surface area contributed by atoms with Crippen molar-refractivity contribution in [3.8, 4) is 0 Å². The van der Waals surface area contributed by atoms with E-state index in [-0.39, 0.29) is 0 Å². The fraction of sp³-hybridized carbons (Fsp3) is 0.417. The summed E-state index contributed by atoms with van der Waals surface area (Å²) >= 11 is 0. The van der Waals surface area contributed by atoms with Gasteiger partial charge in [-0.2, -0.15) is 4.39 Å². The number of carbonyl (C=O) groups is 1. The van der Waals surface area contributed by atoms with Crippen LogP contribution in [0, 0.1) is 27.2 Å². The van der Waals surface area contributed by atoms with E-state index in [1.165, 1.54) is 0 Å². The van der Waals surface area contributed by atoms with Gasteiger partial charge in [-0.25, -0.2) is 4.39 Å². The number of nitrogens with zero attached hydrogens (tertiary/aromatic N) is 1. The highest BCUT2D eigenvalue weighted by Crippen LogP contribution is 2.26. The molecule has 8 heteroatoms. The van der Waals surface area contributed by atoms with Gasteiger partial charge in [-0.05, 0) is 5.41 Å². The molecule has 1 aromatic rings. The van der Waals surface area contributed by atoms with E-state index in [0.29, 0.717) is 12.1 Å². The summed E-state index contributed by atoms with van der Waals surface area (Å²) < 4.78 is 26.6. The molecule has 0 saturated heterocycles. The second kappa shape index (κ2) is 5.49. The molecular weight excluding hydrogens is 272 g/mol. The Bertz CT molecular complexity index is 556. The number of amides is 1. The molecule has 20 heavy (non-hydrogen) atoms. The van der Waals surface area contributed by atoms with E-state index >= 15 is 0 Å². The Labute approximate surface area is 114 Å². The molecule has 0 bridgehead atoms. The Morgan fingerprint density at radius 2 is 1.90 bits per heavy atom. The Morgan fingerprint density at radius 3 is 2.35 bits per heavy atom. The molecule has 1 rings (SSSR count). The number of benzene rings is 1. The summed E-state index contributed by atoms with van der Waals surface area (Å²) in [7, 11) is 0. The predicted octanol–water partition coefficient (Wildman–Crippen LogP) is 2.18. The maximum absolute atomic E-state index is 13.5. The maximum Gasteiger partial charge on any atom is 0.307 e. The first-order valence-corrected chi connectivity index (χ1v) is 5.74. The molecule has 110 valence electrons. The number of nitro benzene ring substituents is 1. The zero-order valence-electron chi connectivity index (χ0n) is 11.2. The summed E-state index contributed by atoms with van der Waals surface area (Å²) in [5.74, 6) is -3.13. The number of halogens is 2. The van der Waals surface area contributed by atoms with Crippen LogP contribution in [0.3, 0.4) is 0 Å². The molecule has 0 aromatic heterocycles. The third-order valence-electron chi connectivity index (χ3n) is 2.71. The summed E-state index contributed by atoms with van der Waals surface area (Å²) in [5.41, 5.74) is 3.69. The van der Waals surface area contributed by atoms with Crippen LogP contribution >= 0.6 is 0 Å². The van der Waals surface area contributed by atoms with Crippen molar-refractivity contribution in [1.82, 2.24) is 0 Å². The number of nitro groups is 1. The van der Waals surface area contributed by atoms with Crippen LogP contribution in [0.4, 0.5) is 20.2 Å². The van der Waals surface area contributed by atoms with Gasteiger partial charge in [0.05, 0.1) is 16.7 Å². The number of hydrogen-bond donors (Lipinski definition) is 2. The van der Waals surface area contributed by atoms with Crippen molar-refractivity contribution in [3.63, 3.8) is 0 Å². The van der Waals surface area contributed by atoms with E-state index < -0.39 is 45.3 Å². The topological polar surface area (TPSA) is 98.3 Å². The third kappa shape index (κ3) is 3.47. The van der Waals surface area contributed by atoms with Gasteiger partial charge in [-0.3, -0.25) is 14.9 Å². The van der Waals surface area contributed by atoms with Crippen molar-refractivity contribution < 1.29 is 18.5 Å². The molecule has 0 heterocycles. The zero-order valence-corrected chi connectivity index (χ0v) is 11.2. The molecule has 3 N–H and O–H groups in total. The SMILES string of the molecule is CC(C)(C)[C@H](N)C(=O)Nc1cc([N+](=O)[O-])c(F)cc1F. The van der Waals surface area contributed by atoms with Gasteiger partial charge in [0.2, 0.25) is 11.7 Å². The molecule has 0 radical (unpaired) electrons. The molecule has 0 fully saturated rings. The van der Waals surface area contributed by atoms with Crippen LogP contribution in [0.5, 0.6) is 0 Å². The minimum absolute atomic E-state index is 0.344. The first-order valence-electron chi connectivity index (χ1n) is 5.74. The van der Waals surface area contributed by atoms with Crippen LogP contribution < -0.4 is 11.1 Å². The summed E-state index contributed by atoms with van der Waals surface area (Å²) in [6.07, 6.45) is 0. The Morgan fingerprint density at radius 1 is 1.35 bits per heavy atom. The number of anilines is 1. The van der Waals surface area contributed by atoms with Crippen molar-refractivity contribution in [3.05, 3.63) is 33.9 Å². The molecule has 1 atom stereocenters. The van der Waals surface area contributed by atoms with Crippen LogP contribution in [0.1, 0.15) is 20.8 Å². The van der Waals surface area contributed by atoms with Crippen molar-refractivity contribution in [1.29, 1.82) is 0 Å². The van der Waals surface area contributed by atoms with Crippen molar-refractivity contribution >= 4 is 17.3 Å². The van der Waals surface area contributed by atoms with Gasteiger partial charge in [0, 0.05) is 12.1 Å². The fourth-order valence-corrected chi connectivity index (χ4v) is 1.38. The van der Waals surface area contributed by atoms with Gasteiger partial charge in [0.25, 0.3) is 0 Å². The lowest BCUT2D eigenvalue weighted by Crippen LogP contribution is -2.45.